The van der Waals surface area contributed by atoms with Gasteiger partial charge in [-0.2, -0.15) is 13.2 Å². The van der Waals surface area contributed by atoms with Crippen molar-refractivity contribution in [3.63, 3.8) is 0 Å². The number of halogens is 5. The topological polar surface area (TPSA) is 154 Å². The van der Waals surface area contributed by atoms with E-state index in [-0.39, 0.29) is 68.7 Å². The summed E-state index contributed by atoms with van der Waals surface area (Å²) in [7, 11) is 1.43. The molecule has 1 saturated carbocycles. The number of piperidine rings is 2. The fourth-order valence-corrected chi connectivity index (χ4v) is 10.9. The van der Waals surface area contributed by atoms with E-state index >= 15 is 4.39 Å². The molecule has 6 atom stereocenters. The molecule has 4 aromatic rings. The molecule has 68 heavy (non-hydrogen) atoms. The van der Waals surface area contributed by atoms with E-state index in [2.05, 4.69) is 43.4 Å². The summed E-state index contributed by atoms with van der Waals surface area (Å²) in [6.07, 6.45) is 0.261. The SMILES string of the molecule is COc1cc(C(=O)N2CCC3(CC2)C[C@@H]3C#Cc2ccc(NC3CCC(=O)NC3=O)cc2)ccc1NC(=O)[C@@H]1N[C@@H](CC(C)(C)C)[C@@]2(CNc3cc(C(F)(F)F)ncc32)[C@H]1c1cccc(Cl)c1F. The van der Waals surface area contributed by atoms with Gasteiger partial charge in [0.15, 0.2) is 0 Å². The lowest BCUT2D eigenvalue weighted by molar-refractivity contribution is -0.141. The number of imide groups is 1. The van der Waals surface area contributed by atoms with E-state index in [4.69, 9.17) is 16.3 Å². The number of nitrogens with zero attached hydrogens (tertiary/aromatic N) is 2. The zero-order chi connectivity index (χ0) is 48.3. The van der Waals surface area contributed by atoms with Crippen molar-refractivity contribution in [3.05, 3.63) is 112 Å². The Kier molecular flexibility index (Phi) is 12.2. The number of ether oxygens (including phenoxy) is 1. The number of carbonyl (C=O) groups excluding carboxylic acids is 4. The number of alkyl halides is 3. The Hall–Kier alpha value is -6.18. The van der Waals surface area contributed by atoms with Crippen LogP contribution in [0.25, 0.3) is 0 Å². The second-order valence-electron chi connectivity index (χ2n) is 19.9. The number of pyridine rings is 1. The summed E-state index contributed by atoms with van der Waals surface area (Å²) < 4.78 is 63.6. The van der Waals surface area contributed by atoms with E-state index in [9.17, 15) is 32.3 Å². The second-order valence-corrected chi connectivity index (χ2v) is 20.3. The molecule has 3 saturated heterocycles. The normalized spacial score (nSPS) is 25.0. The van der Waals surface area contributed by atoms with E-state index < -0.39 is 53.1 Å². The number of benzene rings is 3. The zero-order valence-electron chi connectivity index (χ0n) is 38.0. The van der Waals surface area contributed by atoms with Crippen LogP contribution in [0, 0.1) is 34.4 Å². The molecular weight excluding hydrogens is 902 g/mol. The first kappa shape index (κ1) is 46.9. The van der Waals surface area contributed by atoms with Gasteiger partial charge in [-0.3, -0.25) is 29.5 Å². The van der Waals surface area contributed by atoms with E-state index in [1.54, 1.807) is 30.3 Å². The Balaban J connectivity index is 0.889. The molecule has 356 valence electrons. The smallest absolute Gasteiger partial charge is 0.433 e. The standard InChI is InChI=1S/C51H52ClF4N7O5/c1-48(2,3)25-40-50(27-58-37-23-39(51(54,55)56)57-26-33(37)50)42(32-6-5-7-34(52)43(32)53)44(61-40)46(66)60-35-15-11-29(22-38(35)68-4)47(67)63-20-18-49(19-21-63)24-30(49)12-8-28-9-13-31(14-10-28)59-36-16-17-41(64)62-45(36)65/h5-7,9-11,13-15,22-23,26,30,36,40,42,44,58-59,61H,16-21,24-25,27H2,1-4H3,(H,60,66)(H,62,64,65)/t30-,36?,40-,42-,44+,50-/m0/s1. The fourth-order valence-electron chi connectivity index (χ4n) is 10.8. The van der Waals surface area contributed by atoms with Crippen LogP contribution in [0.2, 0.25) is 5.02 Å². The number of carbonyl (C=O) groups is 4. The van der Waals surface area contributed by atoms with Crippen LogP contribution in [-0.4, -0.2) is 78.4 Å². The van der Waals surface area contributed by atoms with Crippen molar-refractivity contribution in [1.29, 1.82) is 0 Å². The van der Waals surface area contributed by atoms with Gasteiger partial charge >= 0.3 is 6.18 Å². The highest BCUT2D eigenvalue weighted by atomic mass is 35.5. The van der Waals surface area contributed by atoms with Gasteiger partial charge in [0.1, 0.15) is 23.3 Å². The molecule has 1 aliphatic carbocycles. The number of hydrogen-bond acceptors (Lipinski definition) is 9. The van der Waals surface area contributed by atoms with Gasteiger partial charge in [-0.05, 0) is 103 Å². The van der Waals surface area contributed by atoms with Gasteiger partial charge in [-0.1, -0.05) is 56.3 Å². The Labute approximate surface area is 396 Å². The monoisotopic (exact) mass is 953 g/mol. The van der Waals surface area contributed by atoms with Gasteiger partial charge in [0.2, 0.25) is 17.7 Å². The van der Waals surface area contributed by atoms with Gasteiger partial charge in [0.05, 0.1) is 23.9 Å². The minimum absolute atomic E-state index is 0.0483. The van der Waals surface area contributed by atoms with Crippen LogP contribution in [0.15, 0.2) is 72.9 Å². The maximum absolute atomic E-state index is 16.3. The Morgan fingerprint density at radius 2 is 1.78 bits per heavy atom. The van der Waals surface area contributed by atoms with Crippen LogP contribution < -0.4 is 31.3 Å². The Morgan fingerprint density at radius 3 is 2.47 bits per heavy atom. The van der Waals surface area contributed by atoms with Crippen LogP contribution in [-0.2, 0) is 26.0 Å². The number of methoxy groups -OCH3 is 1. The molecule has 0 radical (unpaired) electrons. The molecule has 0 bridgehead atoms. The summed E-state index contributed by atoms with van der Waals surface area (Å²) in [5, 5.41) is 15.0. The highest BCUT2D eigenvalue weighted by Crippen LogP contribution is 2.59. The minimum atomic E-state index is -4.70. The number of nitrogens with one attached hydrogen (secondary N) is 5. The summed E-state index contributed by atoms with van der Waals surface area (Å²) in [6.45, 7) is 7.25. The largest absolute Gasteiger partial charge is 0.495 e. The van der Waals surface area contributed by atoms with Crippen molar-refractivity contribution in [1.82, 2.24) is 20.5 Å². The molecule has 17 heteroatoms. The van der Waals surface area contributed by atoms with Crippen LogP contribution in [0.3, 0.4) is 0 Å². The molecule has 5 aliphatic rings. The average molecular weight is 954 g/mol. The Morgan fingerprint density at radius 1 is 1.03 bits per heavy atom. The maximum atomic E-state index is 16.3. The number of anilines is 3. The van der Waals surface area contributed by atoms with Crippen LogP contribution >= 0.6 is 11.6 Å². The highest BCUT2D eigenvalue weighted by molar-refractivity contribution is 6.30. The van der Waals surface area contributed by atoms with Crippen molar-refractivity contribution >= 4 is 52.3 Å². The number of rotatable bonds is 8. The molecule has 5 heterocycles. The molecule has 1 aromatic heterocycles. The number of fused-ring (bicyclic) bond motifs is 2. The molecule has 1 unspecified atom stereocenters. The van der Waals surface area contributed by atoms with Crippen molar-refractivity contribution in [2.75, 3.05) is 42.7 Å². The maximum Gasteiger partial charge on any atom is 0.433 e. The first-order valence-electron chi connectivity index (χ1n) is 22.8. The lowest BCUT2D eigenvalue weighted by atomic mass is 9.63. The van der Waals surface area contributed by atoms with Gasteiger partial charge in [-0.25, -0.2) is 4.39 Å². The zero-order valence-corrected chi connectivity index (χ0v) is 38.8. The molecular formula is C51H52ClF4N7O5. The summed E-state index contributed by atoms with van der Waals surface area (Å²) >= 11 is 6.37. The van der Waals surface area contributed by atoms with Gasteiger partial charge in [0, 0.05) is 83.6 Å². The van der Waals surface area contributed by atoms with E-state index in [0.717, 1.165) is 36.6 Å². The number of hydrogen-bond donors (Lipinski definition) is 5. The lowest BCUT2D eigenvalue weighted by Crippen LogP contribution is -2.47. The van der Waals surface area contributed by atoms with Gasteiger partial charge in [0.25, 0.3) is 5.91 Å². The molecule has 3 aromatic carbocycles. The van der Waals surface area contributed by atoms with Crippen molar-refractivity contribution < 1.29 is 41.5 Å². The average Bonchev–Trinajstić information content (AvgIpc) is 3.66. The Bertz CT molecular complexity index is 2740. The fraction of sp³-hybridized carbons (Fsp3) is 0.431. The number of aromatic nitrogens is 1. The molecule has 9 rings (SSSR count). The first-order valence-corrected chi connectivity index (χ1v) is 23.2. The molecule has 12 nitrogen and oxygen atoms in total. The third-order valence-corrected chi connectivity index (χ3v) is 14.7. The third kappa shape index (κ3) is 8.98. The van der Waals surface area contributed by atoms with Crippen molar-refractivity contribution in [2.24, 2.45) is 16.7 Å². The third-order valence-electron chi connectivity index (χ3n) is 14.4. The quantitative estimate of drug-likeness (QED) is 0.0668. The predicted molar refractivity (Wildman–Crippen MR) is 249 cm³/mol. The molecule has 5 N–H and O–H groups in total. The van der Waals surface area contributed by atoms with Gasteiger partial charge < -0.3 is 30.9 Å². The minimum Gasteiger partial charge on any atom is -0.495 e. The van der Waals surface area contributed by atoms with Crippen molar-refractivity contribution in [3.8, 4) is 17.6 Å². The van der Waals surface area contributed by atoms with Crippen LogP contribution in [0.1, 0.15) is 98.0 Å². The second kappa shape index (κ2) is 17.7. The van der Waals surface area contributed by atoms with Crippen molar-refractivity contribution in [2.45, 2.75) is 94.9 Å². The van der Waals surface area contributed by atoms with Gasteiger partial charge in [-0.15, -0.1) is 0 Å². The highest BCUT2D eigenvalue weighted by Gasteiger charge is 2.62. The number of likely N-dealkylation sites (tertiary alicyclic amines) is 1. The van der Waals surface area contributed by atoms with Crippen LogP contribution in [0.5, 0.6) is 5.75 Å². The van der Waals surface area contributed by atoms with Crippen LogP contribution in [0.4, 0.5) is 34.6 Å². The summed E-state index contributed by atoms with van der Waals surface area (Å²) in [6, 6.07) is 15.7. The first-order chi connectivity index (χ1) is 32.3. The molecule has 4 aliphatic heterocycles. The summed E-state index contributed by atoms with van der Waals surface area (Å²) in [5.74, 6) is 4.16. The predicted octanol–water partition coefficient (Wildman–Crippen LogP) is 8.28. The van der Waals surface area contributed by atoms with E-state index in [1.165, 1.54) is 19.4 Å². The van der Waals surface area contributed by atoms with E-state index in [1.807, 2.05) is 49.9 Å². The van der Waals surface area contributed by atoms with E-state index in [0.29, 0.717) is 43.5 Å². The molecule has 4 fully saturated rings. The molecule has 4 amide bonds. The lowest BCUT2D eigenvalue weighted by Gasteiger charge is -2.39. The summed E-state index contributed by atoms with van der Waals surface area (Å²) in [5.41, 5.74) is 0.550. The molecule has 2 spiro atoms. The number of amides is 4. The summed E-state index contributed by atoms with van der Waals surface area (Å²) in [4.78, 5) is 57.9.